The van der Waals surface area contributed by atoms with E-state index in [1.807, 2.05) is 7.05 Å². The van der Waals surface area contributed by atoms with Crippen molar-refractivity contribution >= 4 is 34.3 Å². The van der Waals surface area contributed by atoms with Crippen molar-refractivity contribution in [3.05, 3.63) is 15.6 Å². The molecule has 1 aromatic rings. The van der Waals surface area contributed by atoms with Crippen molar-refractivity contribution in [1.82, 2.24) is 9.88 Å². The number of carboxylic acids is 1. The lowest BCUT2D eigenvalue weighted by molar-refractivity contribution is 0.0696. The topological polar surface area (TPSA) is 53.4 Å². The van der Waals surface area contributed by atoms with Gasteiger partial charge in [0.25, 0.3) is 0 Å². The molecule has 2 rings (SSSR count). The Morgan fingerprint density at radius 1 is 1.64 bits per heavy atom. The highest BCUT2D eigenvalue weighted by atomic mass is 79.9. The average molecular weight is 279 g/mol. The number of hydrogen-bond acceptors (Lipinski definition) is 4. The van der Waals surface area contributed by atoms with Crippen LogP contribution in [-0.4, -0.2) is 34.6 Å². The van der Waals surface area contributed by atoms with E-state index in [9.17, 15) is 4.79 Å². The molecule has 6 heteroatoms. The zero-order valence-corrected chi connectivity index (χ0v) is 10.2. The van der Waals surface area contributed by atoms with Crippen molar-refractivity contribution in [2.24, 2.45) is 0 Å². The molecular formula is C8H11BrN2O2S. The fraction of sp³-hybridized carbons (Fsp3) is 0.500. The standard InChI is InChI=1S/C8H10N2O2S.BrH/c1-10-3-2-5-6(4-10)13-7(9-5)8(11)12;/h2-4H2,1H3,(H,11,12);1H. The molecule has 0 aliphatic carbocycles. The first-order valence-electron chi connectivity index (χ1n) is 4.07. The van der Waals surface area contributed by atoms with Crippen LogP contribution in [0.5, 0.6) is 0 Å². The van der Waals surface area contributed by atoms with Crippen molar-refractivity contribution in [3.63, 3.8) is 0 Å². The van der Waals surface area contributed by atoms with Gasteiger partial charge in [-0.3, -0.25) is 0 Å². The Hall–Kier alpha value is -0.460. The highest BCUT2D eigenvalue weighted by molar-refractivity contribution is 8.93. The second-order valence-corrected chi connectivity index (χ2v) is 4.27. The first-order valence-corrected chi connectivity index (χ1v) is 4.89. The van der Waals surface area contributed by atoms with Crippen molar-refractivity contribution in [2.45, 2.75) is 13.0 Å². The normalized spacial score (nSPS) is 15.8. The van der Waals surface area contributed by atoms with Crippen LogP contribution in [0.2, 0.25) is 0 Å². The van der Waals surface area contributed by atoms with Gasteiger partial charge in [-0.25, -0.2) is 9.78 Å². The fourth-order valence-electron chi connectivity index (χ4n) is 1.41. The second-order valence-electron chi connectivity index (χ2n) is 3.18. The summed E-state index contributed by atoms with van der Waals surface area (Å²) in [5, 5.41) is 8.96. The van der Waals surface area contributed by atoms with Gasteiger partial charge in [-0.15, -0.1) is 28.3 Å². The molecule has 1 aromatic heterocycles. The van der Waals surface area contributed by atoms with Crippen molar-refractivity contribution in [1.29, 1.82) is 0 Å². The maximum absolute atomic E-state index is 10.6. The van der Waals surface area contributed by atoms with Gasteiger partial charge in [-0.1, -0.05) is 0 Å². The van der Waals surface area contributed by atoms with E-state index >= 15 is 0 Å². The molecule has 0 fully saturated rings. The third-order valence-electron chi connectivity index (χ3n) is 2.11. The maximum Gasteiger partial charge on any atom is 0.365 e. The first kappa shape index (κ1) is 11.6. The summed E-state index contributed by atoms with van der Waals surface area (Å²) in [6.07, 6.45) is 0.871. The number of hydrogen-bond donors (Lipinski definition) is 1. The lowest BCUT2D eigenvalue weighted by atomic mass is 10.2. The molecule has 14 heavy (non-hydrogen) atoms. The van der Waals surface area contributed by atoms with Crippen LogP contribution in [-0.2, 0) is 13.0 Å². The van der Waals surface area contributed by atoms with E-state index in [0.29, 0.717) is 0 Å². The molecule has 0 unspecified atom stereocenters. The van der Waals surface area contributed by atoms with Gasteiger partial charge in [0.05, 0.1) is 5.69 Å². The molecule has 0 saturated carbocycles. The van der Waals surface area contributed by atoms with Gasteiger partial charge in [-0.2, -0.15) is 0 Å². The van der Waals surface area contributed by atoms with Crippen LogP contribution in [0.1, 0.15) is 20.4 Å². The monoisotopic (exact) mass is 278 g/mol. The number of carbonyl (C=O) groups is 1. The summed E-state index contributed by atoms with van der Waals surface area (Å²) >= 11 is 1.29. The fourth-order valence-corrected chi connectivity index (χ4v) is 2.44. The van der Waals surface area contributed by atoms with Gasteiger partial charge in [0.1, 0.15) is 0 Å². The van der Waals surface area contributed by atoms with Gasteiger partial charge >= 0.3 is 5.97 Å². The molecule has 2 heterocycles. The Balaban J connectivity index is 0.000000980. The van der Waals surface area contributed by atoms with Crippen LogP contribution < -0.4 is 0 Å². The summed E-state index contributed by atoms with van der Waals surface area (Å²) < 4.78 is 0. The molecule has 0 amide bonds. The van der Waals surface area contributed by atoms with E-state index in [1.165, 1.54) is 11.3 Å². The minimum Gasteiger partial charge on any atom is -0.476 e. The average Bonchev–Trinajstić information content (AvgIpc) is 2.46. The Morgan fingerprint density at radius 2 is 2.36 bits per heavy atom. The summed E-state index contributed by atoms with van der Waals surface area (Å²) in [6, 6.07) is 0. The van der Waals surface area contributed by atoms with Crippen LogP contribution in [0.15, 0.2) is 0 Å². The van der Waals surface area contributed by atoms with Crippen LogP contribution >= 0.6 is 28.3 Å². The van der Waals surface area contributed by atoms with Gasteiger partial charge in [-0.05, 0) is 7.05 Å². The molecule has 0 atom stereocenters. The minimum atomic E-state index is -0.915. The lowest BCUT2D eigenvalue weighted by Crippen LogP contribution is -2.25. The molecule has 0 aromatic carbocycles. The van der Waals surface area contributed by atoms with Gasteiger partial charge < -0.3 is 10.0 Å². The van der Waals surface area contributed by atoms with Crippen LogP contribution in [0.25, 0.3) is 0 Å². The van der Waals surface area contributed by atoms with E-state index in [0.717, 1.165) is 30.1 Å². The van der Waals surface area contributed by atoms with Crippen molar-refractivity contribution < 1.29 is 9.90 Å². The Bertz CT molecular complexity index is 353. The number of carboxylic acid groups (broad SMARTS) is 1. The molecule has 0 bridgehead atoms. The van der Waals surface area contributed by atoms with E-state index in [-0.39, 0.29) is 22.0 Å². The number of nitrogens with zero attached hydrogens (tertiary/aromatic N) is 2. The largest absolute Gasteiger partial charge is 0.476 e. The van der Waals surface area contributed by atoms with Crippen LogP contribution in [0.4, 0.5) is 0 Å². The predicted octanol–water partition coefficient (Wildman–Crippen LogP) is 1.41. The maximum atomic E-state index is 10.6. The van der Waals surface area contributed by atoms with Gasteiger partial charge in [0.2, 0.25) is 5.01 Å². The number of aromatic nitrogens is 1. The highest BCUT2D eigenvalue weighted by Gasteiger charge is 2.20. The third kappa shape index (κ3) is 2.13. The van der Waals surface area contributed by atoms with Crippen molar-refractivity contribution in [2.75, 3.05) is 13.6 Å². The highest BCUT2D eigenvalue weighted by Crippen LogP contribution is 2.24. The van der Waals surface area contributed by atoms with Crippen LogP contribution in [0, 0.1) is 0 Å². The number of fused-ring (bicyclic) bond motifs is 1. The summed E-state index contributed by atoms with van der Waals surface area (Å²) in [5.41, 5.74) is 0.973. The Kier molecular flexibility index (Phi) is 3.63. The van der Waals surface area contributed by atoms with E-state index in [2.05, 4.69) is 9.88 Å². The zero-order valence-electron chi connectivity index (χ0n) is 7.69. The molecular weight excluding hydrogens is 268 g/mol. The Labute approximate surface area is 96.3 Å². The molecule has 0 saturated heterocycles. The number of aromatic carboxylic acids is 1. The lowest BCUT2D eigenvalue weighted by Gasteiger charge is -2.20. The number of rotatable bonds is 1. The van der Waals surface area contributed by atoms with Crippen molar-refractivity contribution in [3.8, 4) is 0 Å². The molecule has 1 aliphatic rings. The summed E-state index contributed by atoms with van der Waals surface area (Å²) in [7, 11) is 2.03. The number of halogens is 1. The van der Waals surface area contributed by atoms with Gasteiger partial charge in [0, 0.05) is 24.4 Å². The molecule has 1 aliphatic heterocycles. The van der Waals surface area contributed by atoms with E-state index < -0.39 is 5.97 Å². The number of likely N-dealkylation sites (N-methyl/N-ethyl adjacent to an activating group) is 1. The smallest absolute Gasteiger partial charge is 0.365 e. The molecule has 0 radical (unpaired) electrons. The van der Waals surface area contributed by atoms with Crippen LogP contribution in [0.3, 0.4) is 0 Å². The molecule has 78 valence electrons. The second kappa shape index (κ2) is 4.37. The predicted molar refractivity (Wildman–Crippen MR) is 59.4 cm³/mol. The van der Waals surface area contributed by atoms with E-state index in [4.69, 9.17) is 5.11 Å². The van der Waals surface area contributed by atoms with Gasteiger partial charge in [0.15, 0.2) is 0 Å². The molecule has 0 spiro atoms. The third-order valence-corrected chi connectivity index (χ3v) is 3.18. The Morgan fingerprint density at radius 3 is 3.00 bits per heavy atom. The number of thiazole rings is 1. The summed E-state index contributed by atoms with van der Waals surface area (Å²) in [4.78, 5) is 18.0. The molecule has 1 N–H and O–H groups in total. The molecule has 4 nitrogen and oxygen atoms in total. The minimum absolute atomic E-state index is 0. The van der Waals surface area contributed by atoms with E-state index in [1.54, 1.807) is 0 Å². The first-order chi connectivity index (χ1) is 6.16. The quantitative estimate of drug-likeness (QED) is 0.844. The zero-order chi connectivity index (χ0) is 9.42. The summed E-state index contributed by atoms with van der Waals surface area (Å²) in [6.45, 7) is 1.80. The SMILES string of the molecule is Br.CN1CCc2nc(C(=O)O)sc2C1. The summed E-state index contributed by atoms with van der Waals surface area (Å²) in [5.74, 6) is -0.915.